The smallest absolute Gasteiger partial charge is 0.317 e. The minimum Gasteiger partial charge on any atom is -0.317 e. The number of nitrogens with one attached hydrogen (secondary N) is 2. The van der Waals surface area contributed by atoms with Gasteiger partial charge in [-0.1, -0.05) is 25.1 Å². The first kappa shape index (κ1) is 20.2. The molecule has 0 amide bonds. The van der Waals surface area contributed by atoms with Gasteiger partial charge in [-0.3, -0.25) is 0 Å². The van der Waals surface area contributed by atoms with Crippen molar-refractivity contribution in [1.82, 2.24) is 10.0 Å². The van der Waals surface area contributed by atoms with Crippen molar-refractivity contribution in [2.45, 2.75) is 44.8 Å². The zero-order chi connectivity index (χ0) is 18.5. The lowest BCUT2D eigenvalue weighted by Gasteiger charge is -2.24. The Balaban J connectivity index is 2.05. The maximum atomic E-state index is 13.1. The molecular weight excluding hydrogens is 353 g/mol. The summed E-state index contributed by atoms with van der Waals surface area (Å²) in [6, 6.07) is 4.78. The van der Waals surface area contributed by atoms with E-state index < -0.39 is 27.8 Å². The van der Waals surface area contributed by atoms with Crippen molar-refractivity contribution in [3.05, 3.63) is 35.4 Å². The molecule has 1 atom stereocenters. The highest BCUT2D eigenvalue weighted by Gasteiger charge is 2.33. The second-order valence-electron chi connectivity index (χ2n) is 6.56. The Hall–Kier alpha value is -1.12. The van der Waals surface area contributed by atoms with Gasteiger partial charge in [0.15, 0.2) is 0 Å². The van der Waals surface area contributed by atoms with Crippen molar-refractivity contribution >= 4 is 10.0 Å². The Morgan fingerprint density at radius 3 is 2.48 bits per heavy atom. The summed E-state index contributed by atoms with van der Waals surface area (Å²) in [7, 11) is -3.52. The van der Waals surface area contributed by atoms with Crippen LogP contribution in [0.25, 0.3) is 0 Å². The molecule has 1 aliphatic rings. The number of alkyl halides is 3. The second kappa shape index (κ2) is 8.51. The van der Waals surface area contributed by atoms with E-state index in [9.17, 15) is 21.6 Å². The molecule has 25 heavy (non-hydrogen) atoms. The minimum absolute atomic E-state index is 0.0254. The van der Waals surface area contributed by atoms with Crippen molar-refractivity contribution in [1.29, 1.82) is 0 Å². The van der Waals surface area contributed by atoms with Crippen LogP contribution in [0.15, 0.2) is 24.3 Å². The SMILES string of the molecule is CCC(Cc1ccccc1C(F)(F)F)NS(=O)(=O)CC1CCNCC1. The third-order valence-electron chi connectivity index (χ3n) is 4.54. The fraction of sp³-hybridized carbons (Fsp3) is 0.647. The van der Waals surface area contributed by atoms with Crippen molar-refractivity contribution in [3.8, 4) is 0 Å². The van der Waals surface area contributed by atoms with Gasteiger partial charge in [0.05, 0.1) is 11.3 Å². The Morgan fingerprint density at radius 1 is 1.24 bits per heavy atom. The van der Waals surface area contributed by atoms with E-state index in [2.05, 4.69) is 10.0 Å². The average molecular weight is 378 g/mol. The molecule has 2 rings (SSSR count). The third-order valence-corrected chi connectivity index (χ3v) is 6.14. The molecule has 1 aromatic rings. The van der Waals surface area contributed by atoms with Crippen LogP contribution >= 0.6 is 0 Å². The van der Waals surface area contributed by atoms with Crippen LogP contribution in [0.2, 0.25) is 0 Å². The van der Waals surface area contributed by atoms with Crippen LogP contribution in [0.5, 0.6) is 0 Å². The second-order valence-corrected chi connectivity index (χ2v) is 8.36. The van der Waals surface area contributed by atoms with Gasteiger partial charge in [0.1, 0.15) is 0 Å². The molecule has 0 spiro atoms. The summed E-state index contributed by atoms with van der Waals surface area (Å²) in [5.74, 6) is 0.130. The van der Waals surface area contributed by atoms with Gasteiger partial charge in [-0.2, -0.15) is 13.2 Å². The molecule has 0 aliphatic carbocycles. The number of halogens is 3. The first-order valence-electron chi connectivity index (χ1n) is 8.57. The fourth-order valence-electron chi connectivity index (χ4n) is 3.17. The minimum atomic E-state index is -4.44. The fourth-order valence-corrected chi connectivity index (χ4v) is 4.98. The van der Waals surface area contributed by atoms with Gasteiger partial charge in [-0.25, -0.2) is 13.1 Å². The highest BCUT2D eigenvalue weighted by molar-refractivity contribution is 7.89. The molecule has 1 aliphatic heterocycles. The molecule has 0 aromatic heterocycles. The van der Waals surface area contributed by atoms with Gasteiger partial charge in [0, 0.05) is 6.04 Å². The largest absolute Gasteiger partial charge is 0.416 e. The molecule has 0 bridgehead atoms. The summed E-state index contributed by atoms with van der Waals surface area (Å²) >= 11 is 0. The van der Waals surface area contributed by atoms with Crippen LogP contribution in [0, 0.1) is 5.92 Å². The van der Waals surface area contributed by atoms with E-state index in [1.165, 1.54) is 12.1 Å². The third kappa shape index (κ3) is 6.27. The predicted molar refractivity (Wildman–Crippen MR) is 91.7 cm³/mol. The van der Waals surface area contributed by atoms with Gasteiger partial charge < -0.3 is 5.32 Å². The quantitative estimate of drug-likeness (QED) is 0.767. The molecule has 1 fully saturated rings. The number of hydrogen-bond acceptors (Lipinski definition) is 3. The summed E-state index contributed by atoms with van der Waals surface area (Å²) in [4.78, 5) is 0. The van der Waals surface area contributed by atoms with E-state index in [4.69, 9.17) is 0 Å². The van der Waals surface area contributed by atoms with Crippen molar-refractivity contribution in [2.24, 2.45) is 5.92 Å². The summed E-state index contributed by atoms with van der Waals surface area (Å²) in [5, 5.41) is 3.18. The number of hydrogen-bond donors (Lipinski definition) is 2. The maximum absolute atomic E-state index is 13.1. The molecular formula is C17H25F3N2O2S. The van der Waals surface area contributed by atoms with E-state index in [1.54, 1.807) is 13.0 Å². The summed E-state index contributed by atoms with van der Waals surface area (Å²) < 4.78 is 66.7. The maximum Gasteiger partial charge on any atom is 0.416 e. The van der Waals surface area contributed by atoms with Gasteiger partial charge in [0.2, 0.25) is 10.0 Å². The van der Waals surface area contributed by atoms with Gasteiger partial charge in [-0.15, -0.1) is 0 Å². The highest BCUT2D eigenvalue weighted by atomic mass is 32.2. The topological polar surface area (TPSA) is 58.2 Å². The van der Waals surface area contributed by atoms with E-state index in [0.29, 0.717) is 6.42 Å². The van der Waals surface area contributed by atoms with Gasteiger partial charge in [0.25, 0.3) is 0 Å². The molecule has 1 aromatic carbocycles. The van der Waals surface area contributed by atoms with Gasteiger partial charge in [-0.05, 0) is 56.3 Å². The Bertz CT molecular complexity index is 656. The van der Waals surface area contributed by atoms with Crippen LogP contribution in [-0.4, -0.2) is 33.3 Å². The van der Waals surface area contributed by atoms with Crippen LogP contribution in [0.3, 0.4) is 0 Å². The molecule has 0 radical (unpaired) electrons. The van der Waals surface area contributed by atoms with E-state index >= 15 is 0 Å². The number of piperidine rings is 1. The van der Waals surface area contributed by atoms with Crippen molar-refractivity contribution < 1.29 is 21.6 Å². The standard InChI is InChI=1S/C17H25F3N2O2S/c1-2-15(11-14-5-3-4-6-16(14)17(18,19)20)22-25(23,24)12-13-7-9-21-10-8-13/h3-6,13,15,21-22H,2,7-12H2,1H3. The highest BCUT2D eigenvalue weighted by Crippen LogP contribution is 2.32. The lowest BCUT2D eigenvalue weighted by Crippen LogP contribution is -2.41. The van der Waals surface area contributed by atoms with Crippen LogP contribution in [0.4, 0.5) is 13.2 Å². The van der Waals surface area contributed by atoms with E-state index in [0.717, 1.165) is 32.0 Å². The normalized spacial score (nSPS) is 18.2. The molecule has 1 unspecified atom stereocenters. The number of rotatable bonds is 7. The molecule has 4 nitrogen and oxygen atoms in total. The van der Waals surface area contributed by atoms with E-state index in [-0.39, 0.29) is 23.7 Å². The molecule has 2 N–H and O–H groups in total. The Labute approximate surface area is 147 Å². The van der Waals surface area contributed by atoms with Crippen LogP contribution in [-0.2, 0) is 22.6 Å². The molecule has 142 valence electrons. The van der Waals surface area contributed by atoms with Crippen LogP contribution < -0.4 is 10.0 Å². The van der Waals surface area contributed by atoms with Crippen LogP contribution in [0.1, 0.15) is 37.3 Å². The lowest BCUT2D eigenvalue weighted by atomic mass is 9.99. The monoisotopic (exact) mass is 378 g/mol. The number of sulfonamides is 1. The van der Waals surface area contributed by atoms with Gasteiger partial charge >= 0.3 is 6.18 Å². The van der Waals surface area contributed by atoms with Crippen molar-refractivity contribution in [2.75, 3.05) is 18.8 Å². The summed E-state index contributed by atoms with van der Waals surface area (Å²) in [5.41, 5.74) is -0.586. The molecule has 0 saturated carbocycles. The predicted octanol–water partition coefficient (Wildman–Crippen LogP) is 2.95. The van der Waals surface area contributed by atoms with Crippen molar-refractivity contribution in [3.63, 3.8) is 0 Å². The Morgan fingerprint density at radius 2 is 1.88 bits per heavy atom. The first-order chi connectivity index (χ1) is 11.7. The van der Waals surface area contributed by atoms with E-state index in [1.807, 2.05) is 0 Å². The summed E-state index contributed by atoms with van der Waals surface area (Å²) in [6.07, 6.45) is -2.39. The molecule has 8 heteroatoms. The molecule has 1 heterocycles. The zero-order valence-electron chi connectivity index (χ0n) is 14.3. The first-order valence-corrected chi connectivity index (χ1v) is 10.2. The number of benzene rings is 1. The molecule has 1 saturated heterocycles. The lowest BCUT2D eigenvalue weighted by molar-refractivity contribution is -0.138. The Kier molecular flexibility index (Phi) is 6.87. The average Bonchev–Trinajstić information content (AvgIpc) is 2.54. The summed E-state index contributed by atoms with van der Waals surface area (Å²) in [6.45, 7) is 3.38. The zero-order valence-corrected chi connectivity index (χ0v) is 15.1.